The van der Waals surface area contributed by atoms with Gasteiger partial charge in [-0.25, -0.2) is 4.98 Å². The van der Waals surface area contributed by atoms with Crippen LogP contribution in [0.1, 0.15) is 23.1 Å². The number of amides is 2. The summed E-state index contributed by atoms with van der Waals surface area (Å²) in [4.78, 5) is 28.1. The summed E-state index contributed by atoms with van der Waals surface area (Å²) in [5.41, 5.74) is 1.05. The van der Waals surface area contributed by atoms with Gasteiger partial charge in [-0.15, -0.1) is 0 Å². The highest BCUT2D eigenvalue weighted by Gasteiger charge is 2.08. The maximum atomic E-state index is 11.3. The van der Waals surface area contributed by atoms with Crippen molar-refractivity contribution in [1.29, 1.82) is 0 Å². The van der Waals surface area contributed by atoms with Crippen molar-refractivity contribution in [3.05, 3.63) is 29.6 Å². The van der Waals surface area contributed by atoms with Crippen LogP contribution in [0.5, 0.6) is 0 Å². The molecule has 1 N–H and O–H groups in total. The number of pyridine rings is 1. The Morgan fingerprint density at radius 2 is 2.12 bits per heavy atom. The topological polar surface area (TPSA) is 62.3 Å². The highest BCUT2D eigenvalue weighted by atomic mass is 16.2. The minimum Gasteiger partial charge on any atom is -0.354 e. The molecule has 0 fully saturated rings. The van der Waals surface area contributed by atoms with Crippen LogP contribution in [-0.2, 0) is 11.3 Å². The monoisotopic (exact) mass is 221 g/mol. The predicted octanol–water partition coefficient (Wildman–Crippen LogP) is 0.419. The highest BCUT2D eigenvalue weighted by molar-refractivity contribution is 5.91. The first-order valence-electron chi connectivity index (χ1n) is 4.94. The summed E-state index contributed by atoms with van der Waals surface area (Å²) in [5, 5.41) is 2.50. The summed E-state index contributed by atoms with van der Waals surface area (Å²) in [5.74, 6) is -0.264. The molecule has 1 heterocycles. The summed E-state index contributed by atoms with van der Waals surface area (Å²) >= 11 is 0. The Morgan fingerprint density at radius 3 is 2.69 bits per heavy atom. The zero-order valence-electron chi connectivity index (χ0n) is 9.65. The second kappa shape index (κ2) is 5.25. The summed E-state index contributed by atoms with van der Waals surface area (Å²) in [6.45, 7) is 1.89. The molecule has 0 atom stereocenters. The van der Waals surface area contributed by atoms with Crippen molar-refractivity contribution in [3.8, 4) is 0 Å². The van der Waals surface area contributed by atoms with Gasteiger partial charge in [-0.3, -0.25) is 9.59 Å². The van der Waals surface area contributed by atoms with Crippen molar-refractivity contribution in [2.45, 2.75) is 13.5 Å². The Hall–Kier alpha value is -1.91. The molecule has 0 saturated heterocycles. The molecule has 0 aromatic carbocycles. The molecule has 0 radical (unpaired) electrons. The fraction of sp³-hybridized carbons (Fsp3) is 0.364. The number of hydrogen-bond donors (Lipinski definition) is 1. The van der Waals surface area contributed by atoms with E-state index in [0.717, 1.165) is 0 Å². The van der Waals surface area contributed by atoms with E-state index in [0.29, 0.717) is 17.9 Å². The number of carbonyl (C=O) groups is 2. The Morgan fingerprint density at radius 1 is 1.44 bits per heavy atom. The largest absolute Gasteiger partial charge is 0.354 e. The van der Waals surface area contributed by atoms with Gasteiger partial charge in [0.15, 0.2) is 0 Å². The molecule has 1 rings (SSSR count). The third-order valence-electron chi connectivity index (χ3n) is 2.20. The molecule has 86 valence electrons. The van der Waals surface area contributed by atoms with Crippen molar-refractivity contribution < 1.29 is 9.59 Å². The van der Waals surface area contributed by atoms with Gasteiger partial charge in [0.05, 0.1) is 12.2 Å². The molecule has 1 aromatic rings. The lowest BCUT2D eigenvalue weighted by molar-refractivity contribution is -0.128. The van der Waals surface area contributed by atoms with E-state index in [1.807, 2.05) is 0 Å². The Bertz CT molecular complexity index is 404. The van der Waals surface area contributed by atoms with E-state index in [2.05, 4.69) is 10.3 Å². The van der Waals surface area contributed by atoms with Gasteiger partial charge >= 0.3 is 0 Å². The van der Waals surface area contributed by atoms with Crippen LogP contribution in [0, 0.1) is 0 Å². The summed E-state index contributed by atoms with van der Waals surface area (Å²) in [6, 6.07) is 5.17. The van der Waals surface area contributed by atoms with Gasteiger partial charge in [-0.05, 0) is 12.1 Å². The highest BCUT2D eigenvalue weighted by Crippen LogP contribution is 2.02. The van der Waals surface area contributed by atoms with Gasteiger partial charge in [-0.2, -0.15) is 0 Å². The van der Waals surface area contributed by atoms with Crippen molar-refractivity contribution in [3.63, 3.8) is 0 Å². The number of carbonyl (C=O) groups excluding carboxylic acids is 2. The van der Waals surface area contributed by atoms with E-state index in [4.69, 9.17) is 0 Å². The second-order valence-electron chi connectivity index (χ2n) is 3.47. The molecule has 0 bridgehead atoms. The summed E-state index contributed by atoms with van der Waals surface area (Å²) in [7, 11) is 3.24. The molecule has 0 unspecified atom stereocenters. The Kier molecular flexibility index (Phi) is 3.99. The first-order chi connectivity index (χ1) is 7.54. The smallest absolute Gasteiger partial charge is 0.269 e. The average Bonchev–Trinajstić information content (AvgIpc) is 2.28. The number of nitrogens with one attached hydrogen (secondary N) is 1. The molecule has 0 aliphatic rings. The van der Waals surface area contributed by atoms with Crippen molar-refractivity contribution >= 4 is 11.8 Å². The van der Waals surface area contributed by atoms with E-state index in [-0.39, 0.29) is 11.8 Å². The van der Waals surface area contributed by atoms with Gasteiger partial charge in [-0.1, -0.05) is 6.07 Å². The Balaban J connectivity index is 2.82. The third-order valence-corrected chi connectivity index (χ3v) is 2.20. The maximum absolute atomic E-state index is 11.3. The van der Waals surface area contributed by atoms with Crippen LogP contribution in [-0.4, -0.2) is 35.8 Å². The van der Waals surface area contributed by atoms with E-state index in [9.17, 15) is 9.59 Å². The van der Waals surface area contributed by atoms with Gasteiger partial charge < -0.3 is 10.2 Å². The molecule has 2 amide bonds. The van der Waals surface area contributed by atoms with Crippen LogP contribution < -0.4 is 5.32 Å². The summed E-state index contributed by atoms with van der Waals surface area (Å²) in [6.07, 6.45) is 0. The van der Waals surface area contributed by atoms with Gasteiger partial charge in [0.1, 0.15) is 5.69 Å². The number of nitrogens with zero attached hydrogens (tertiary/aromatic N) is 2. The van der Waals surface area contributed by atoms with E-state index in [1.165, 1.54) is 11.8 Å². The van der Waals surface area contributed by atoms with Crippen molar-refractivity contribution in [2.75, 3.05) is 14.1 Å². The van der Waals surface area contributed by atoms with Gasteiger partial charge in [0, 0.05) is 21.0 Å². The zero-order valence-corrected chi connectivity index (χ0v) is 9.65. The normalized spacial score (nSPS) is 9.69. The van der Waals surface area contributed by atoms with Crippen LogP contribution in [0.4, 0.5) is 0 Å². The number of rotatable bonds is 3. The third kappa shape index (κ3) is 3.05. The van der Waals surface area contributed by atoms with Crippen LogP contribution in [0.25, 0.3) is 0 Å². The molecular formula is C11H15N3O2. The van der Waals surface area contributed by atoms with Crippen LogP contribution >= 0.6 is 0 Å². The molecule has 5 heteroatoms. The van der Waals surface area contributed by atoms with E-state index in [1.54, 1.807) is 32.3 Å². The first kappa shape index (κ1) is 12.2. The van der Waals surface area contributed by atoms with Crippen molar-refractivity contribution in [1.82, 2.24) is 15.2 Å². The SMILES string of the molecule is CNC(=O)c1cccc(CN(C)C(C)=O)n1. The first-order valence-corrected chi connectivity index (χ1v) is 4.94. The van der Waals surface area contributed by atoms with E-state index < -0.39 is 0 Å². The number of aromatic nitrogens is 1. The molecule has 16 heavy (non-hydrogen) atoms. The maximum Gasteiger partial charge on any atom is 0.269 e. The van der Waals surface area contributed by atoms with Crippen LogP contribution in [0.15, 0.2) is 18.2 Å². The van der Waals surface area contributed by atoms with Crippen molar-refractivity contribution in [2.24, 2.45) is 0 Å². The van der Waals surface area contributed by atoms with Gasteiger partial charge in [0.25, 0.3) is 5.91 Å². The van der Waals surface area contributed by atoms with Crippen LogP contribution in [0.2, 0.25) is 0 Å². The standard InChI is InChI=1S/C11H15N3O2/c1-8(15)14(3)7-9-5-4-6-10(13-9)11(16)12-2/h4-6H,7H2,1-3H3,(H,12,16). The quantitative estimate of drug-likeness (QED) is 0.804. The average molecular weight is 221 g/mol. The van der Waals surface area contributed by atoms with E-state index >= 15 is 0 Å². The fourth-order valence-electron chi connectivity index (χ4n) is 1.18. The minimum absolute atomic E-state index is 0.0350. The molecular weight excluding hydrogens is 206 g/mol. The molecule has 0 spiro atoms. The molecule has 0 aliphatic heterocycles. The second-order valence-corrected chi connectivity index (χ2v) is 3.47. The lowest BCUT2D eigenvalue weighted by Gasteiger charge is -2.14. The fourth-order valence-corrected chi connectivity index (χ4v) is 1.18. The predicted molar refractivity (Wildman–Crippen MR) is 59.8 cm³/mol. The van der Waals surface area contributed by atoms with Gasteiger partial charge in [0.2, 0.25) is 5.91 Å². The van der Waals surface area contributed by atoms with Crippen LogP contribution in [0.3, 0.4) is 0 Å². The molecule has 1 aromatic heterocycles. The lowest BCUT2D eigenvalue weighted by atomic mass is 10.2. The number of hydrogen-bond acceptors (Lipinski definition) is 3. The minimum atomic E-state index is -0.229. The summed E-state index contributed by atoms with van der Waals surface area (Å²) < 4.78 is 0. The molecule has 0 saturated carbocycles. The molecule has 5 nitrogen and oxygen atoms in total. The zero-order chi connectivity index (χ0) is 12.1. The Labute approximate surface area is 94.5 Å². The molecule has 0 aliphatic carbocycles. The lowest BCUT2D eigenvalue weighted by Crippen LogP contribution is -2.25.